The Morgan fingerprint density at radius 3 is 2.69 bits per heavy atom. The third-order valence-electron chi connectivity index (χ3n) is 3.82. The summed E-state index contributed by atoms with van der Waals surface area (Å²) in [6.45, 7) is 4.65. The van der Waals surface area contributed by atoms with Crippen LogP contribution in [0.2, 0.25) is 0 Å². The molecule has 0 aliphatic rings. The molecule has 136 valence electrons. The zero-order chi connectivity index (χ0) is 18.5. The van der Waals surface area contributed by atoms with Gasteiger partial charge in [-0.3, -0.25) is 4.79 Å². The van der Waals surface area contributed by atoms with Gasteiger partial charge in [-0.15, -0.1) is 0 Å². The number of amides is 1. The predicted molar refractivity (Wildman–Crippen MR) is 94.1 cm³/mol. The molecule has 8 nitrogen and oxygen atoms in total. The molecule has 3 rings (SSSR count). The van der Waals surface area contributed by atoms with E-state index in [0.717, 1.165) is 17.1 Å². The van der Waals surface area contributed by atoms with Crippen molar-refractivity contribution < 1.29 is 14.1 Å². The van der Waals surface area contributed by atoms with E-state index in [-0.39, 0.29) is 12.5 Å². The Morgan fingerprint density at radius 2 is 2.04 bits per heavy atom. The Hall–Kier alpha value is -3.00. The monoisotopic (exact) mass is 355 g/mol. The maximum atomic E-state index is 12.3. The first-order valence-electron chi connectivity index (χ1n) is 8.29. The highest BCUT2D eigenvalue weighted by atomic mass is 16.5. The molecule has 0 spiro atoms. The molecule has 0 aliphatic heterocycles. The van der Waals surface area contributed by atoms with Crippen molar-refractivity contribution >= 4 is 5.91 Å². The lowest BCUT2D eigenvalue weighted by atomic mass is 10.2. The van der Waals surface area contributed by atoms with Gasteiger partial charge in [0.15, 0.2) is 5.82 Å². The molecule has 1 N–H and O–H groups in total. The van der Waals surface area contributed by atoms with Crippen molar-refractivity contribution in [3.8, 4) is 5.69 Å². The molecule has 0 fully saturated rings. The van der Waals surface area contributed by atoms with E-state index in [0.29, 0.717) is 30.3 Å². The number of aromatic nitrogens is 4. The van der Waals surface area contributed by atoms with Gasteiger partial charge in [0.25, 0.3) is 5.91 Å². The van der Waals surface area contributed by atoms with Crippen LogP contribution in [0.1, 0.15) is 33.5 Å². The average Bonchev–Trinajstić information content (AvgIpc) is 3.23. The third-order valence-corrected chi connectivity index (χ3v) is 3.82. The number of nitrogens with one attached hydrogen (secondary N) is 1. The van der Waals surface area contributed by atoms with Crippen LogP contribution < -0.4 is 5.32 Å². The van der Waals surface area contributed by atoms with Gasteiger partial charge in [-0.25, -0.2) is 4.68 Å². The lowest BCUT2D eigenvalue weighted by molar-refractivity contribution is 0.0949. The van der Waals surface area contributed by atoms with Crippen LogP contribution in [-0.2, 0) is 17.7 Å². The van der Waals surface area contributed by atoms with Crippen LogP contribution >= 0.6 is 0 Å². The van der Waals surface area contributed by atoms with Crippen LogP contribution in [0.5, 0.6) is 0 Å². The van der Waals surface area contributed by atoms with Crippen LogP contribution in [-0.4, -0.2) is 39.5 Å². The van der Waals surface area contributed by atoms with Crippen molar-refractivity contribution in [3.63, 3.8) is 0 Å². The summed E-state index contributed by atoms with van der Waals surface area (Å²) in [7, 11) is 1.61. The summed E-state index contributed by atoms with van der Waals surface area (Å²) in [5.74, 6) is 0.724. The number of hydrogen-bond donors (Lipinski definition) is 1. The van der Waals surface area contributed by atoms with Gasteiger partial charge in [-0.2, -0.15) is 10.1 Å². The molecule has 1 amide bonds. The van der Waals surface area contributed by atoms with Gasteiger partial charge in [0, 0.05) is 18.4 Å². The molecule has 0 saturated heterocycles. The zero-order valence-electron chi connectivity index (χ0n) is 15.0. The molecule has 0 bridgehead atoms. The number of carbonyl (C=O) groups is 1. The maximum absolute atomic E-state index is 12.3. The first kappa shape index (κ1) is 17.8. The fourth-order valence-electron chi connectivity index (χ4n) is 2.56. The summed E-state index contributed by atoms with van der Waals surface area (Å²) in [6.07, 6.45) is 0.547. The Labute approximate surface area is 151 Å². The average molecular weight is 355 g/mol. The second-order valence-corrected chi connectivity index (χ2v) is 5.92. The SMILES string of the molecule is COCCc1nc(CNC(=O)c2ccc(-n3nc(C)cc3C)cc2)no1. The topological polar surface area (TPSA) is 95.1 Å². The zero-order valence-corrected chi connectivity index (χ0v) is 15.0. The van der Waals surface area contributed by atoms with Crippen LogP contribution in [0, 0.1) is 13.8 Å². The number of rotatable bonds is 7. The minimum Gasteiger partial charge on any atom is -0.384 e. The Morgan fingerprint density at radius 1 is 1.27 bits per heavy atom. The standard InChI is InChI=1S/C18H21N5O3/c1-12-10-13(2)23(21-12)15-6-4-14(5-7-15)18(24)19-11-16-20-17(26-22-16)8-9-25-3/h4-7,10H,8-9,11H2,1-3H3,(H,19,24). The second kappa shape index (κ2) is 7.92. The molecule has 0 radical (unpaired) electrons. The van der Waals surface area contributed by atoms with E-state index in [1.807, 2.05) is 36.7 Å². The fraction of sp³-hybridized carbons (Fsp3) is 0.333. The second-order valence-electron chi connectivity index (χ2n) is 5.92. The quantitative estimate of drug-likeness (QED) is 0.696. The van der Waals surface area contributed by atoms with Crippen LogP contribution in [0.3, 0.4) is 0 Å². The van der Waals surface area contributed by atoms with E-state index < -0.39 is 0 Å². The van der Waals surface area contributed by atoms with Crippen molar-refractivity contribution in [2.75, 3.05) is 13.7 Å². The van der Waals surface area contributed by atoms with Gasteiger partial charge in [-0.1, -0.05) is 5.16 Å². The van der Waals surface area contributed by atoms with Crippen molar-refractivity contribution in [2.24, 2.45) is 0 Å². The van der Waals surface area contributed by atoms with E-state index >= 15 is 0 Å². The molecule has 1 aromatic carbocycles. The van der Waals surface area contributed by atoms with E-state index in [1.165, 1.54) is 0 Å². The van der Waals surface area contributed by atoms with Crippen molar-refractivity contribution in [1.29, 1.82) is 0 Å². The van der Waals surface area contributed by atoms with Crippen LogP contribution in [0.4, 0.5) is 0 Å². The minimum atomic E-state index is -0.201. The van der Waals surface area contributed by atoms with Gasteiger partial charge in [0.2, 0.25) is 5.89 Å². The first-order valence-corrected chi connectivity index (χ1v) is 8.29. The van der Waals surface area contributed by atoms with E-state index in [9.17, 15) is 4.79 Å². The van der Waals surface area contributed by atoms with Gasteiger partial charge >= 0.3 is 0 Å². The lowest BCUT2D eigenvalue weighted by Gasteiger charge is -2.06. The third kappa shape index (κ3) is 4.15. The summed E-state index contributed by atoms with van der Waals surface area (Å²) in [5.41, 5.74) is 3.46. The molecular formula is C18H21N5O3. The number of methoxy groups -OCH3 is 1. The van der Waals surface area contributed by atoms with Gasteiger partial charge in [-0.05, 0) is 44.2 Å². The van der Waals surface area contributed by atoms with E-state index in [4.69, 9.17) is 9.26 Å². The largest absolute Gasteiger partial charge is 0.384 e. The number of benzene rings is 1. The smallest absolute Gasteiger partial charge is 0.251 e. The van der Waals surface area contributed by atoms with Crippen molar-refractivity contribution in [2.45, 2.75) is 26.8 Å². The fourth-order valence-corrected chi connectivity index (χ4v) is 2.56. The molecule has 0 atom stereocenters. The van der Waals surface area contributed by atoms with Gasteiger partial charge in [0.05, 0.1) is 31.0 Å². The molecule has 0 unspecified atom stereocenters. The summed E-state index contributed by atoms with van der Waals surface area (Å²) < 4.78 is 11.9. The Kier molecular flexibility index (Phi) is 5.43. The summed E-state index contributed by atoms with van der Waals surface area (Å²) in [5, 5.41) is 11.0. The van der Waals surface area contributed by atoms with Gasteiger partial charge < -0.3 is 14.6 Å². The lowest BCUT2D eigenvalue weighted by Crippen LogP contribution is -2.23. The van der Waals surface area contributed by atoms with Crippen LogP contribution in [0.15, 0.2) is 34.9 Å². The number of hydrogen-bond acceptors (Lipinski definition) is 6. The molecular weight excluding hydrogens is 334 g/mol. The minimum absolute atomic E-state index is 0.201. The van der Waals surface area contributed by atoms with Gasteiger partial charge in [0.1, 0.15) is 0 Å². The highest BCUT2D eigenvalue weighted by Crippen LogP contribution is 2.13. The summed E-state index contributed by atoms with van der Waals surface area (Å²) in [4.78, 5) is 16.5. The predicted octanol–water partition coefficient (Wildman–Crippen LogP) is 1.99. The van der Waals surface area contributed by atoms with Crippen molar-refractivity contribution in [3.05, 3.63) is 59.0 Å². The first-order chi connectivity index (χ1) is 12.6. The maximum Gasteiger partial charge on any atom is 0.251 e. The number of ether oxygens (including phenoxy) is 1. The highest BCUT2D eigenvalue weighted by Gasteiger charge is 2.10. The Bertz CT molecular complexity index is 883. The number of nitrogens with zero attached hydrogens (tertiary/aromatic N) is 4. The molecule has 0 saturated carbocycles. The van der Waals surface area contributed by atoms with Crippen molar-refractivity contribution in [1.82, 2.24) is 25.2 Å². The molecule has 2 aromatic heterocycles. The number of carbonyl (C=O) groups excluding carboxylic acids is 1. The molecule has 0 aliphatic carbocycles. The molecule has 2 heterocycles. The Balaban J connectivity index is 1.59. The normalized spacial score (nSPS) is 10.9. The summed E-state index contributed by atoms with van der Waals surface area (Å²) >= 11 is 0. The van der Waals surface area contributed by atoms with E-state index in [1.54, 1.807) is 19.2 Å². The van der Waals surface area contributed by atoms with Crippen LogP contribution in [0.25, 0.3) is 5.69 Å². The molecule has 8 heteroatoms. The highest BCUT2D eigenvalue weighted by molar-refractivity contribution is 5.94. The van der Waals surface area contributed by atoms with E-state index in [2.05, 4.69) is 20.6 Å². The molecule has 3 aromatic rings. The number of aryl methyl sites for hydroxylation is 2. The summed E-state index contributed by atoms with van der Waals surface area (Å²) in [6, 6.07) is 9.27. The molecule has 26 heavy (non-hydrogen) atoms.